The van der Waals surface area contributed by atoms with Crippen LogP contribution in [0.1, 0.15) is 27.7 Å². The first kappa shape index (κ1) is 13.6. The van der Waals surface area contributed by atoms with Crippen molar-refractivity contribution < 1.29 is 4.43 Å². The molecule has 2 rings (SSSR count). The van der Waals surface area contributed by atoms with Crippen LogP contribution in [0.5, 0.6) is 0 Å². The zero-order valence-corrected chi connectivity index (χ0v) is 13.4. The topological polar surface area (TPSA) is 12.5 Å². The molecule has 0 aromatic carbocycles. The standard InChI is InChI=1S/C14H29NOSi/c1-7-15-8-11-12(9-15)13(11)10-16-17(5,6)14(2,3)4/h11-13H,7-10H2,1-6H3/t11-,12+,13+. The van der Waals surface area contributed by atoms with Gasteiger partial charge in [0.05, 0.1) is 0 Å². The molecule has 1 aliphatic carbocycles. The Bertz CT molecular complexity index is 272. The van der Waals surface area contributed by atoms with Gasteiger partial charge in [-0.3, -0.25) is 0 Å². The largest absolute Gasteiger partial charge is 0.417 e. The third kappa shape index (κ3) is 2.61. The van der Waals surface area contributed by atoms with Gasteiger partial charge in [-0.2, -0.15) is 0 Å². The first-order chi connectivity index (χ1) is 7.76. The predicted octanol–water partition coefficient (Wildman–Crippen LogP) is 3.21. The second kappa shape index (κ2) is 4.36. The minimum absolute atomic E-state index is 0.354. The Balaban J connectivity index is 1.76. The molecule has 1 saturated carbocycles. The molecule has 0 spiro atoms. The van der Waals surface area contributed by atoms with Crippen LogP contribution in [-0.4, -0.2) is 39.5 Å². The van der Waals surface area contributed by atoms with E-state index in [4.69, 9.17) is 4.43 Å². The molecule has 0 bridgehead atoms. The average Bonchev–Trinajstić information content (AvgIpc) is 2.68. The van der Waals surface area contributed by atoms with Crippen LogP contribution in [0.15, 0.2) is 0 Å². The number of nitrogens with zero attached hydrogens (tertiary/aromatic N) is 1. The SMILES string of the molecule is CCN1C[C@@H]2[C@@H](CO[Si](C)(C)C(C)(C)C)[C@@H]2C1. The zero-order valence-electron chi connectivity index (χ0n) is 12.4. The van der Waals surface area contributed by atoms with Gasteiger partial charge in [0.1, 0.15) is 0 Å². The van der Waals surface area contributed by atoms with Crippen LogP contribution in [-0.2, 0) is 4.43 Å². The van der Waals surface area contributed by atoms with Crippen molar-refractivity contribution in [2.24, 2.45) is 17.8 Å². The lowest BCUT2D eigenvalue weighted by molar-refractivity contribution is 0.226. The molecule has 0 N–H and O–H groups in total. The third-order valence-electron chi connectivity index (χ3n) is 5.34. The van der Waals surface area contributed by atoms with E-state index in [1.54, 1.807) is 0 Å². The smallest absolute Gasteiger partial charge is 0.191 e. The quantitative estimate of drug-likeness (QED) is 0.715. The monoisotopic (exact) mass is 255 g/mol. The van der Waals surface area contributed by atoms with Crippen LogP contribution >= 0.6 is 0 Å². The van der Waals surface area contributed by atoms with Gasteiger partial charge in [-0.15, -0.1) is 0 Å². The van der Waals surface area contributed by atoms with Crippen molar-refractivity contribution >= 4 is 8.32 Å². The van der Waals surface area contributed by atoms with Crippen molar-refractivity contribution in [1.29, 1.82) is 0 Å². The normalized spacial score (nSPS) is 33.9. The molecular formula is C14H29NOSi. The van der Waals surface area contributed by atoms with Crippen LogP contribution in [0, 0.1) is 17.8 Å². The fraction of sp³-hybridized carbons (Fsp3) is 1.00. The molecule has 0 amide bonds. The van der Waals surface area contributed by atoms with E-state index in [0.29, 0.717) is 5.04 Å². The molecule has 0 radical (unpaired) electrons. The fourth-order valence-electron chi connectivity index (χ4n) is 2.76. The highest BCUT2D eigenvalue weighted by Crippen LogP contribution is 2.52. The molecule has 0 unspecified atom stereocenters. The molecule has 2 fully saturated rings. The van der Waals surface area contributed by atoms with Gasteiger partial charge in [0.2, 0.25) is 0 Å². The number of hydrogen-bond donors (Lipinski definition) is 0. The Morgan fingerprint density at radius 2 is 1.71 bits per heavy atom. The Morgan fingerprint density at radius 1 is 1.18 bits per heavy atom. The summed E-state index contributed by atoms with van der Waals surface area (Å²) in [5.41, 5.74) is 0. The van der Waals surface area contributed by atoms with E-state index < -0.39 is 8.32 Å². The van der Waals surface area contributed by atoms with Gasteiger partial charge < -0.3 is 9.33 Å². The minimum atomic E-state index is -1.51. The molecule has 2 nitrogen and oxygen atoms in total. The molecule has 100 valence electrons. The summed E-state index contributed by atoms with van der Waals surface area (Å²) < 4.78 is 6.34. The number of rotatable bonds is 4. The van der Waals surface area contributed by atoms with Crippen LogP contribution < -0.4 is 0 Å². The Labute approximate surface area is 108 Å². The maximum atomic E-state index is 6.34. The lowest BCUT2D eigenvalue weighted by Gasteiger charge is -2.36. The van der Waals surface area contributed by atoms with Gasteiger partial charge in [0.25, 0.3) is 0 Å². The molecule has 0 aromatic rings. The van der Waals surface area contributed by atoms with Crippen LogP contribution in [0.3, 0.4) is 0 Å². The van der Waals surface area contributed by atoms with Crippen molar-refractivity contribution in [3.8, 4) is 0 Å². The highest BCUT2D eigenvalue weighted by Gasteiger charge is 2.55. The summed E-state index contributed by atoms with van der Waals surface area (Å²) >= 11 is 0. The highest BCUT2D eigenvalue weighted by molar-refractivity contribution is 6.74. The zero-order chi connectivity index (χ0) is 12.8. The third-order valence-corrected chi connectivity index (χ3v) is 9.84. The molecule has 2 aliphatic rings. The predicted molar refractivity (Wildman–Crippen MR) is 75.7 cm³/mol. The van der Waals surface area contributed by atoms with Gasteiger partial charge >= 0.3 is 0 Å². The molecule has 17 heavy (non-hydrogen) atoms. The summed E-state index contributed by atoms with van der Waals surface area (Å²) in [5.74, 6) is 2.80. The number of piperidine rings is 1. The lowest BCUT2D eigenvalue weighted by Crippen LogP contribution is -2.41. The molecule has 1 heterocycles. The van der Waals surface area contributed by atoms with E-state index in [9.17, 15) is 0 Å². The number of fused-ring (bicyclic) bond motifs is 1. The first-order valence-electron chi connectivity index (χ1n) is 7.12. The molecule has 3 atom stereocenters. The van der Waals surface area contributed by atoms with Crippen molar-refractivity contribution in [1.82, 2.24) is 4.90 Å². The van der Waals surface area contributed by atoms with Crippen molar-refractivity contribution in [3.63, 3.8) is 0 Å². The summed E-state index contributed by atoms with van der Waals surface area (Å²) in [4.78, 5) is 2.58. The molecular weight excluding hydrogens is 226 g/mol. The Morgan fingerprint density at radius 3 is 2.12 bits per heavy atom. The van der Waals surface area contributed by atoms with Gasteiger partial charge in [-0.25, -0.2) is 0 Å². The second-order valence-electron chi connectivity index (χ2n) is 7.42. The van der Waals surface area contributed by atoms with E-state index in [1.807, 2.05) is 0 Å². The summed E-state index contributed by atoms with van der Waals surface area (Å²) in [7, 11) is -1.51. The molecule has 0 aromatic heterocycles. The van der Waals surface area contributed by atoms with Gasteiger partial charge in [0, 0.05) is 19.7 Å². The maximum absolute atomic E-state index is 6.34. The highest BCUT2D eigenvalue weighted by atomic mass is 28.4. The van der Waals surface area contributed by atoms with Gasteiger partial charge in [-0.1, -0.05) is 27.7 Å². The summed E-state index contributed by atoms with van der Waals surface area (Å²) in [6, 6.07) is 0. The summed E-state index contributed by atoms with van der Waals surface area (Å²) in [6.45, 7) is 18.9. The summed E-state index contributed by atoms with van der Waals surface area (Å²) in [6.07, 6.45) is 0. The lowest BCUT2D eigenvalue weighted by atomic mass is 10.2. The molecule has 3 heteroatoms. The van der Waals surface area contributed by atoms with E-state index in [0.717, 1.165) is 24.4 Å². The molecule has 1 aliphatic heterocycles. The fourth-order valence-corrected chi connectivity index (χ4v) is 3.81. The van der Waals surface area contributed by atoms with Crippen LogP contribution in [0.2, 0.25) is 18.1 Å². The van der Waals surface area contributed by atoms with Crippen LogP contribution in [0.4, 0.5) is 0 Å². The Hall–Kier alpha value is 0.137. The van der Waals surface area contributed by atoms with E-state index in [-0.39, 0.29) is 0 Å². The van der Waals surface area contributed by atoms with E-state index in [2.05, 4.69) is 45.7 Å². The van der Waals surface area contributed by atoms with Crippen molar-refractivity contribution in [3.05, 3.63) is 0 Å². The van der Waals surface area contributed by atoms with E-state index in [1.165, 1.54) is 19.6 Å². The first-order valence-corrected chi connectivity index (χ1v) is 10.0. The number of likely N-dealkylation sites (tertiary alicyclic amines) is 1. The summed E-state index contributed by atoms with van der Waals surface area (Å²) in [5, 5.41) is 0.354. The van der Waals surface area contributed by atoms with Gasteiger partial charge in [-0.05, 0) is 42.4 Å². The minimum Gasteiger partial charge on any atom is -0.417 e. The Kier molecular flexibility index (Phi) is 3.48. The van der Waals surface area contributed by atoms with Crippen molar-refractivity contribution in [2.45, 2.75) is 45.8 Å². The maximum Gasteiger partial charge on any atom is 0.191 e. The van der Waals surface area contributed by atoms with E-state index >= 15 is 0 Å². The van der Waals surface area contributed by atoms with Gasteiger partial charge in [0.15, 0.2) is 8.32 Å². The average molecular weight is 255 g/mol. The van der Waals surface area contributed by atoms with Crippen molar-refractivity contribution in [2.75, 3.05) is 26.2 Å². The van der Waals surface area contributed by atoms with Crippen LogP contribution in [0.25, 0.3) is 0 Å². The second-order valence-corrected chi connectivity index (χ2v) is 12.2. The number of hydrogen-bond acceptors (Lipinski definition) is 2. The molecule has 1 saturated heterocycles.